The van der Waals surface area contributed by atoms with Crippen molar-refractivity contribution in [2.45, 2.75) is 0 Å². The zero-order chi connectivity index (χ0) is 11.6. The molecule has 0 saturated heterocycles. The highest BCUT2D eigenvalue weighted by Gasteiger charge is 2.62. The molecule has 0 atom stereocenters. The third-order valence-corrected chi connectivity index (χ3v) is 2.35. The van der Waals surface area contributed by atoms with Gasteiger partial charge in [-0.05, 0) is 0 Å². The van der Waals surface area contributed by atoms with Gasteiger partial charge < -0.3 is 0 Å². The van der Waals surface area contributed by atoms with Gasteiger partial charge in [0.1, 0.15) is 0 Å². The number of nitrogens with two attached hydrogens (primary N) is 3. The van der Waals surface area contributed by atoms with Gasteiger partial charge in [0.15, 0.2) is 0 Å². The largest absolute Gasteiger partial charge is 0.294 e. The van der Waals surface area contributed by atoms with Crippen LogP contribution < -0.4 is 33.8 Å². The molecule has 3 amide bonds. The van der Waals surface area contributed by atoms with E-state index in [0.717, 1.165) is 0 Å². The second kappa shape index (κ2) is 4.21. The Morgan fingerprint density at radius 3 is 1.00 bits per heavy atom. The lowest BCUT2D eigenvalue weighted by molar-refractivity contribution is -0.127. The van der Waals surface area contributed by atoms with Gasteiger partial charge in [0.25, 0.3) is 0 Å². The van der Waals surface area contributed by atoms with E-state index in [2.05, 4.69) is 0 Å². The van der Waals surface area contributed by atoms with E-state index in [1.165, 1.54) is 0 Å². The van der Waals surface area contributed by atoms with Gasteiger partial charge in [-0.2, -0.15) is 0 Å². The lowest BCUT2D eigenvalue weighted by Gasteiger charge is -1.96. The standard InChI is InChI=1S/C6H12N6O3/c7-10-4(13)1-2(5(14)11-8)3(1)6(15)12-9/h1-3H,7-9H2,(H,10,13)(H,11,14)(H,12,15). The van der Waals surface area contributed by atoms with Crippen LogP contribution in [-0.2, 0) is 14.4 Å². The number of carbonyl (C=O) groups excluding carboxylic acids is 3. The highest BCUT2D eigenvalue weighted by Crippen LogP contribution is 2.46. The monoisotopic (exact) mass is 216 g/mol. The van der Waals surface area contributed by atoms with Gasteiger partial charge in [0.05, 0.1) is 17.8 Å². The van der Waals surface area contributed by atoms with Crippen LogP contribution in [0.5, 0.6) is 0 Å². The molecule has 15 heavy (non-hydrogen) atoms. The predicted octanol–water partition coefficient (Wildman–Crippen LogP) is -4.18. The zero-order valence-corrected chi connectivity index (χ0v) is 7.69. The van der Waals surface area contributed by atoms with Crippen LogP contribution in [-0.4, -0.2) is 17.7 Å². The summed E-state index contributed by atoms with van der Waals surface area (Å²) in [5.41, 5.74) is 5.59. The van der Waals surface area contributed by atoms with Gasteiger partial charge in [-0.25, -0.2) is 17.5 Å². The quantitative estimate of drug-likeness (QED) is 0.159. The number of nitrogens with one attached hydrogen (secondary N) is 3. The van der Waals surface area contributed by atoms with Crippen molar-refractivity contribution in [1.82, 2.24) is 16.3 Å². The van der Waals surface area contributed by atoms with E-state index in [0.29, 0.717) is 0 Å². The Morgan fingerprint density at radius 1 is 0.667 bits per heavy atom. The van der Waals surface area contributed by atoms with Crippen molar-refractivity contribution in [1.29, 1.82) is 0 Å². The average molecular weight is 216 g/mol. The number of hydrogen-bond acceptors (Lipinski definition) is 6. The first kappa shape index (κ1) is 11.4. The SMILES string of the molecule is NNC(=O)C1C(C(=O)NN)C1C(=O)NN. The molecule has 1 saturated carbocycles. The highest BCUT2D eigenvalue weighted by molar-refractivity contribution is 6.01. The molecule has 0 aromatic heterocycles. The van der Waals surface area contributed by atoms with E-state index < -0.39 is 35.5 Å². The minimum absolute atomic E-state index is 0.600. The summed E-state index contributed by atoms with van der Waals surface area (Å²) >= 11 is 0. The Labute approximate surface area is 84.6 Å². The van der Waals surface area contributed by atoms with Gasteiger partial charge in [-0.3, -0.25) is 30.7 Å². The molecule has 0 bridgehead atoms. The molecule has 9 nitrogen and oxygen atoms in total. The first-order valence-electron chi connectivity index (χ1n) is 4.09. The molecule has 0 unspecified atom stereocenters. The Morgan fingerprint density at radius 2 is 0.867 bits per heavy atom. The minimum Gasteiger partial charge on any atom is -0.294 e. The number of amides is 3. The number of carbonyl (C=O) groups is 3. The third-order valence-electron chi connectivity index (χ3n) is 2.35. The van der Waals surface area contributed by atoms with Crippen molar-refractivity contribution in [3.63, 3.8) is 0 Å². The molecule has 0 aromatic rings. The van der Waals surface area contributed by atoms with Gasteiger partial charge in [0, 0.05) is 0 Å². The number of hydrogen-bond donors (Lipinski definition) is 6. The molecular weight excluding hydrogens is 204 g/mol. The second-order valence-electron chi connectivity index (χ2n) is 3.10. The molecule has 0 heterocycles. The normalized spacial score (nSPS) is 27.8. The van der Waals surface area contributed by atoms with Crippen molar-refractivity contribution in [2.24, 2.45) is 35.3 Å². The average Bonchev–Trinajstić information content (AvgIpc) is 3.00. The maximum absolute atomic E-state index is 11.2. The van der Waals surface area contributed by atoms with Crippen molar-refractivity contribution >= 4 is 17.7 Å². The first-order valence-corrected chi connectivity index (χ1v) is 4.09. The van der Waals surface area contributed by atoms with E-state index in [1.54, 1.807) is 0 Å². The molecule has 9 N–H and O–H groups in total. The molecular formula is C6H12N6O3. The third kappa shape index (κ3) is 1.88. The molecule has 0 radical (unpaired) electrons. The van der Waals surface area contributed by atoms with E-state index in [4.69, 9.17) is 17.5 Å². The summed E-state index contributed by atoms with van der Waals surface area (Å²) in [6.07, 6.45) is 0. The minimum atomic E-state index is -0.818. The fourth-order valence-corrected chi connectivity index (χ4v) is 1.58. The Hall–Kier alpha value is -1.71. The van der Waals surface area contributed by atoms with Gasteiger partial charge >= 0.3 is 0 Å². The summed E-state index contributed by atoms with van der Waals surface area (Å²) in [7, 11) is 0. The van der Waals surface area contributed by atoms with E-state index in [1.807, 2.05) is 16.3 Å². The molecule has 1 aliphatic carbocycles. The summed E-state index contributed by atoms with van der Waals surface area (Å²) in [6, 6.07) is 0. The van der Waals surface area contributed by atoms with Gasteiger partial charge in [0.2, 0.25) is 17.7 Å². The number of rotatable bonds is 3. The van der Waals surface area contributed by atoms with Gasteiger partial charge in [-0.15, -0.1) is 0 Å². The fourth-order valence-electron chi connectivity index (χ4n) is 1.58. The van der Waals surface area contributed by atoms with Crippen molar-refractivity contribution in [3.05, 3.63) is 0 Å². The van der Waals surface area contributed by atoms with Gasteiger partial charge in [-0.1, -0.05) is 0 Å². The molecule has 0 aromatic carbocycles. The van der Waals surface area contributed by atoms with E-state index in [9.17, 15) is 14.4 Å². The lowest BCUT2D eigenvalue weighted by Crippen LogP contribution is -2.36. The van der Waals surface area contributed by atoms with Crippen LogP contribution in [0.25, 0.3) is 0 Å². The molecule has 84 valence electrons. The second-order valence-corrected chi connectivity index (χ2v) is 3.10. The summed E-state index contributed by atoms with van der Waals surface area (Å²) in [5, 5.41) is 0. The van der Waals surface area contributed by atoms with E-state index >= 15 is 0 Å². The van der Waals surface area contributed by atoms with E-state index in [-0.39, 0.29) is 0 Å². The molecule has 1 aliphatic rings. The zero-order valence-electron chi connectivity index (χ0n) is 7.69. The number of hydrazine groups is 3. The van der Waals surface area contributed by atoms with Crippen LogP contribution >= 0.6 is 0 Å². The topological polar surface area (TPSA) is 165 Å². The fraction of sp³-hybridized carbons (Fsp3) is 0.500. The van der Waals surface area contributed by atoms with Crippen molar-refractivity contribution in [3.8, 4) is 0 Å². The Kier molecular flexibility index (Phi) is 3.19. The van der Waals surface area contributed by atoms with Crippen LogP contribution in [0.3, 0.4) is 0 Å². The molecule has 9 heteroatoms. The molecule has 0 aliphatic heterocycles. The Balaban J connectivity index is 2.75. The van der Waals surface area contributed by atoms with Crippen LogP contribution in [0.1, 0.15) is 0 Å². The van der Waals surface area contributed by atoms with Crippen LogP contribution in [0, 0.1) is 17.8 Å². The maximum atomic E-state index is 11.2. The summed E-state index contributed by atoms with van der Waals surface area (Å²) < 4.78 is 0. The molecule has 1 fully saturated rings. The lowest BCUT2D eigenvalue weighted by atomic mass is 10.3. The highest BCUT2D eigenvalue weighted by atomic mass is 16.2. The first-order chi connectivity index (χ1) is 7.08. The summed E-state index contributed by atoms with van der Waals surface area (Å²) in [5.74, 6) is 10.4. The summed E-state index contributed by atoms with van der Waals surface area (Å²) in [4.78, 5) is 33.5. The molecule has 0 spiro atoms. The smallest absolute Gasteiger partial charge is 0.238 e. The Bertz CT molecular complexity index is 252. The van der Waals surface area contributed by atoms with Crippen LogP contribution in [0.2, 0.25) is 0 Å². The maximum Gasteiger partial charge on any atom is 0.238 e. The van der Waals surface area contributed by atoms with Crippen LogP contribution in [0.4, 0.5) is 0 Å². The predicted molar refractivity (Wildman–Crippen MR) is 47.5 cm³/mol. The summed E-state index contributed by atoms with van der Waals surface area (Å²) in [6.45, 7) is 0. The van der Waals surface area contributed by atoms with Crippen molar-refractivity contribution < 1.29 is 14.4 Å². The van der Waals surface area contributed by atoms with Crippen LogP contribution in [0.15, 0.2) is 0 Å². The van der Waals surface area contributed by atoms with Crippen molar-refractivity contribution in [2.75, 3.05) is 0 Å². The molecule has 1 rings (SSSR count).